The van der Waals surface area contributed by atoms with Crippen LogP contribution >= 0.6 is 39.2 Å². The number of anilines is 1. The SMILES string of the molecule is COc1ccc(CN(Sc2cc(Br)c(F)cc2F)c2nccs2)c(OC)c1. The van der Waals surface area contributed by atoms with Gasteiger partial charge in [-0.25, -0.2) is 13.8 Å². The molecule has 0 aliphatic carbocycles. The molecule has 0 fully saturated rings. The van der Waals surface area contributed by atoms with Crippen molar-refractivity contribution >= 4 is 44.3 Å². The molecule has 3 rings (SSSR count). The zero-order valence-electron chi connectivity index (χ0n) is 14.4. The van der Waals surface area contributed by atoms with Crippen molar-refractivity contribution in [3.63, 3.8) is 0 Å². The Morgan fingerprint density at radius 2 is 1.96 bits per heavy atom. The van der Waals surface area contributed by atoms with Crippen molar-refractivity contribution in [2.75, 3.05) is 18.5 Å². The number of ether oxygens (including phenoxy) is 2. The average molecular weight is 473 g/mol. The van der Waals surface area contributed by atoms with Crippen LogP contribution in [0.1, 0.15) is 5.56 Å². The van der Waals surface area contributed by atoms with Gasteiger partial charge in [0.05, 0.1) is 30.1 Å². The first kappa shape index (κ1) is 19.9. The van der Waals surface area contributed by atoms with Crippen LogP contribution in [0.15, 0.2) is 51.3 Å². The lowest BCUT2D eigenvalue weighted by molar-refractivity contribution is 0.391. The molecule has 0 spiro atoms. The van der Waals surface area contributed by atoms with Gasteiger partial charge in [0.15, 0.2) is 5.13 Å². The maximum Gasteiger partial charge on any atom is 0.195 e. The smallest absolute Gasteiger partial charge is 0.195 e. The minimum atomic E-state index is -0.644. The summed E-state index contributed by atoms with van der Waals surface area (Å²) in [5.74, 6) is 0.0493. The molecule has 2 aromatic carbocycles. The van der Waals surface area contributed by atoms with E-state index >= 15 is 0 Å². The summed E-state index contributed by atoms with van der Waals surface area (Å²) in [5, 5.41) is 2.53. The highest BCUT2D eigenvalue weighted by Gasteiger charge is 2.18. The van der Waals surface area contributed by atoms with E-state index in [4.69, 9.17) is 9.47 Å². The van der Waals surface area contributed by atoms with Crippen LogP contribution in [0.25, 0.3) is 0 Å². The second-order valence-electron chi connectivity index (χ2n) is 5.32. The predicted molar refractivity (Wildman–Crippen MR) is 108 cm³/mol. The van der Waals surface area contributed by atoms with Crippen LogP contribution in [0.5, 0.6) is 11.5 Å². The molecule has 9 heteroatoms. The first-order valence-corrected chi connectivity index (χ1v) is 10.2. The summed E-state index contributed by atoms with van der Waals surface area (Å²) in [7, 11) is 3.16. The molecule has 27 heavy (non-hydrogen) atoms. The molecule has 3 aromatic rings. The molecule has 0 atom stereocenters. The summed E-state index contributed by atoms with van der Waals surface area (Å²) >= 11 is 5.67. The van der Waals surface area contributed by atoms with Crippen LogP contribution in [-0.2, 0) is 6.54 Å². The highest BCUT2D eigenvalue weighted by molar-refractivity contribution is 9.10. The topological polar surface area (TPSA) is 34.6 Å². The molecule has 0 N–H and O–H groups in total. The highest BCUT2D eigenvalue weighted by atomic mass is 79.9. The molecule has 0 saturated carbocycles. The summed E-state index contributed by atoms with van der Waals surface area (Å²) in [4.78, 5) is 4.60. The standard InChI is InChI=1S/C18H15BrF2N2O2S2/c1-24-12-4-3-11(16(7-12)25-2)10-23(18-22-5-6-26-18)27-17-8-13(19)14(20)9-15(17)21/h3-9H,10H2,1-2H3. The molecule has 0 bridgehead atoms. The molecular formula is C18H15BrF2N2O2S2. The fourth-order valence-corrected chi connectivity index (χ4v) is 4.47. The van der Waals surface area contributed by atoms with Crippen molar-refractivity contribution in [2.45, 2.75) is 11.4 Å². The van der Waals surface area contributed by atoms with Crippen LogP contribution in [0.2, 0.25) is 0 Å². The van der Waals surface area contributed by atoms with Gasteiger partial charge in [0.1, 0.15) is 23.1 Å². The van der Waals surface area contributed by atoms with E-state index in [9.17, 15) is 8.78 Å². The van der Waals surface area contributed by atoms with Gasteiger partial charge in [-0.1, -0.05) is 0 Å². The molecule has 0 saturated heterocycles. The van der Waals surface area contributed by atoms with Gasteiger partial charge < -0.3 is 9.47 Å². The molecule has 4 nitrogen and oxygen atoms in total. The van der Waals surface area contributed by atoms with E-state index < -0.39 is 11.6 Å². The largest absolute Gasteiger partial charge is 0.497 e. The van der Waals surface area contributed by atoms with Crippen LogP contribution in [0.4, 0.5) is 13.9 Å². The first-order chi connectivity index (χ1) is 13.0. The molecule has 0 aliphatic heterocycles. The summed E-state index contributed by atoms with van der Waals surface area (Å²) in [5.41, 5.74) is 0.877. The Morgan fingerprint density at radius 1 is 1.15 bits per heavy atom. The van der Waals surface area contributed by atoms with Gasteiger partial charge in [-0.05, 0) is 46.1 Å². The maximum atomic E-state index is 14.2. The first-order valence-electron chi connectivity index (χ1n) is 7.72. The monoisotopic (exact) mass is 472 g/mol. The van der Waals surface area contributed by atoms with Gasteiger partial charge in [0.2, 0.25) is 0 Å². The number of aromatic nitrogens is 1. The van der Waals surface area contributed by atoms with Crippen molar-refractivity contribution in [1.82, 2.24) is 4.98 Å². The second kappa shape index (κ2) is 8.90. The lowest BCUT2D eigenvalue weighted by atomic mass is 10.2. The molecule has 0 aliphatic rings. The second-order valence-corrected chi connectivity index (χ2v) is 8.11. The van der Waals surface area contributed by atoms with Crippen molar-refractivity contribution in [1.29, 1.82) is 0 Å². The van der Waals surface area contributed by atoms with Crippen LogP contribution in [0, 0.1) is 11.6 Å². The van der Waals surface area contributed by atoms with E-state index in [1.54, 1.807) is 26.5 Å². The van der Waals surface area contributed by atoms with E-state index in [1.165, 1.54) is 17.4 Å². The van der Waals surface area contributed by atoms with E-state index in [1.807, 2.05) is 21.8 Å². The number of benzene rings is 2. The van der Waals surface area contributed by atoms with E-state index in [0.717, 1.165) is 23.6 Å². The van der Waals surface area contributed by atoms with Crippen LogP contribution in [0.3, 0.4) is 0 Å². The van der Waals surface area contributed by atoms with Crippen LogP contribution < -0.4 is 13.8 Å². The fourth-order valence-electron chi connectivity index (χ4n) is 2.31. The lowest BCUT2D eigenvalue weighted by Crippen LogP contribution is -2.15. The molecule has 1 heterocycles. The Labute approximate surface area is 172 Å². The minimum absolute atomic E-state index is 0.201. The third-order valence-corrected chi connectivity index (χ3v) is 6.17. The molecule has 0 amide bonds. The Morgan fingerprint density at radius 3 is 2.63 bits per heavy atom. The molecule has 142 valence electrons. The number of hydrogen-bond donors (Lipinski definition) is 0. The van der Waals surface area contributed by atoms with Gasteiger partial charge >= 0.3 is 0 Å². The Hall–Kier alpha value is -1.84. The van der Waals surface area contributed by atoms with Crippen LogP contribution in [-0.4, -0.2) is 19.2 Å². The van der Waals surface area contributed by atoms with Gasteiger partial charge in [0.25, 0.3) is 0 Å². The van der Waals surface area contributed by atoms with Gasteiger partial charge in [0, 0.05) is 29.3 Å². The summed E-state index contributed by atoms with van der Waals surface area (Å²) in [6.45, 7) is 0.403. The average Bonchev–Trinajstić information content (AvgIpc) is 3.20. The minimum Gasteiger partial charge on any atom is -0.497 e. The van der Waals surface area contributed by atoms with Gasteiger partial charge in [-0.2, -0.15) is 0 Å². The Balaban J connectivity index is 1.93. The Kier molecular flexibility index (Phi) is 6.56. The molecule has 0 radical (unpaired) electrons. The number of halogens is 3. The van der Waals surface area contributed by atoms with E-state index in [2.05, 4.69) is 20.9 Å². The quantitative estimate of drug-likeness (QED) is 0.315. The van der Waals surface area contributed by atoms with E-state index in [0.29, 0.717) is 23.2 Å². The van der Waals surface area contributed by atoms with Crippen molar-refractivity contribution < 1.29 is 18.3 Å². The summed E-state index contributed by atoms with van der Waals surface area (Å²) < 4.78 is 40.5. The number of hydrogen-bond acceptors (Lipinski definition) is 6. The molecule has 1 aromatic heterocycles. The molecule has 0 unspecified atom stereocenters. The maximum absolute atomic E-state index is 14.2. The Bertz CT molecular complexity index is 926. The third kappa shape index (κ3) is 4.72. The zero-order chi connectivity index (χ0) is 19.4. The summed E-state index contributed by atoms with van der Waals surface area (Å²) in [6, 6.07) is 7.78. The van der Waals surface area contributed by atoms with Crippen molar-refractivity contribution in [3.8, 4) is 11.5 Å². The number of rotatable bonds is 7. The van der Waals surface area contributed by atoms with E-state index in [-0.39, 0.29) is 9.37 Å². The molecular weight excluding hydrogens is 458 g/mol. The number of methoxy groups -OCH3 is 2. The number of thiazole rings is 1. The predicted octanol–water partition coefficient (Wildman–Crippen LogP) is 5.91. The van der Waals surface area contributed by atoms with Crippen molar-refractivity contribution in [3.05, 3.63) is 63.6 Å². The lowest BCUT2D eigenvalue weighted by Gasteiger charge is -2.22. The fraction of sp³-hybridized carbons (Fsp3) is 0.167. The zero-order valence-corrected chi connectivity index (χ0v) is 17.6. The normalized spacial score (nSPS) is 10.7. The summed E-state index contributed by atoms with van der Waals surface area (Å²) in [6.07, 6.45) is 1.68. The van der Waals surface area contributed by atoms with Gasteiger partial charge in [-0.3, -0.25) is 4.31 Å². The highest BCUT2D eigenvalue weighted by Crippen LogP contribution is 2.37. The van der Waals surface area contributed by atoms with Gasteiger partial charge in [-0.15, -0.1) is 11.3 Å². The number of nitrogens with zero attached hydrogens (tertiary/aromatic N) is 2. The third-order valence-electron chi connectivity index (χ3n) is 3.62. The van der Waals surface area contributed by atoms with Crippen molar-refractivity contribution in [2.24, 2.45) is 0 Å².